The van der Waals surface area contributed by atoms with Crippen molar-refractivity contribution in [3.8, 4) is 5.75 Å². The summed E-state index contributed by atoms with van der Waals surface area (Å²) >= 11 is 6.03. The first-order valence-corrected chi connectivity index (χ1v) is 8.82. The Balaban J connectivity index is 1.61. The first-order chi connectivity index (χ1) is 11.5. The molecule has 0 saturated carbocycles. The van der Waals surface area contributed by atoms with E-state index in [4.69, 9.17) is 21.4 Å². The molecule has 1 N–H and O–H groups in total. The number of fused-ring (bicyclic) bond motifs is 1. The molecule has 0 spiro atoms. The van der Waals surface area contributed by atoms with Gasteiger partial charge in [0.25, 0.3) is 0 Å². The molecule has 2 aliphatic heterocycles. The summed E-state index contributed by atoms with van der Waals surface area (Å²) in [5.74, 6) is 0.244. The summed E-state index contributed by atoms with van der Waals surface area (Å²) in [7, 11) is 0. The van der Waals surface area contributed by atoms with Crippen molar-refractivity contribution in [2.75, 3.05) is 19.7 Å². The molecule has 1 fully saturated rings. The molecule has 2 heterocycles. The normalized spacial score (nSPS) is 23.3. The van der Waals surface area contributed by atoms with Crippen molar-refractivity contribution < 1.29 is 19.4 Å². The standard InChI is InChI=1S/C18H22ClNO4/c19-15-4-5-16-13(9-15)8-14(11-24-16)18(23)20-7-1-2-12(10-20)3-6-17(21)22/h4-5,9,12,14H,1-3,6-8,10-11H2,(H,21,22)/t12-,14-/m0/s1. The van der Waals surface area contributed by atoms with Gasteiger partial charge in [0.05, 0.1) is 5.92 Å². The molecule has 3 rings (SSSR count). The number of nitrogens with zero attached hydrogens (tertiary/aromatic N) is 1. The second-order valence-corrected chi connectivity index (χ2v) is 7.13. The van der Waals surface area contributed by atoms with Crippen LogP contribution in [0, 0.1) is 11.8 Å². The van der Waals surface area contributed by atoms with Crippen molar-refractivity contribution in [3.05, 3.63) is 28.8 Å². The number of aliphatic carboxylic acids is 1. The fourth-order valence-corrected chi connectivity index (χ4v) is 3.80. The minimum absolute atomic E-state index is 0.112. The number of benzene rings is 1. The Kier molecular flexibility index (Phi) is 5.29. The molecule has 5 nitrogen and oxygen atoms in total. The Bertz CT molecular complexity index is 633. The number of piperidine rings is 1. The monoisotopic (exact) mass is 351 g/mol. The fourth-order valence-electron chi connectivity index (χ4n) is 3.61. The number of carboxylic acid groups (broad SMARTS) is 1. The number of hydrogen-bond donors (Lipinski definition) is 1. The highest BCUT2D eigenvalue weighted by Gasteiger charge is 2.32. The van der Waals surface area contributed by atoms with Crippen LogP contribution in [0.4, 0.5) is 0 Å². The largest absolute Gasteiger partial charge is 0.492 e. The van der Waals surface area contributed by atoms with Crippen LogP contribution in [0.25, 0.3) is 0 Å². The molecule has 0 unspecified atom stereocenters. The van der Waals surface area contributed by atoms with Gasteiger partial charge in [-0.1, -0.05) is 11.6 Å². The third-order valence-electron chi connectivity index (χ3n) is 4.88. The average molecular weight is 352 g/mol. The van der Waals surface area contributed by atoms with Gasteiger partial charge < -0.3 is 14.7 Å². The van der Waals surface area contributed by atoms with Gasteiger partial charge in [-0.15, -0.1) is 0 Å². The van der Waals surface area contributed by atoms with Gasteiger partial charge in [-0.2, -0.15) is 0 Å². The van der Waals surface area contributed by atoms with Crippen LogP contribution in [0.3, 0.4) is 0 Å². The molecule has 1 saturated heterocycles. The van der Waals surface area contributed by atoms with Crippen LogP contribution >= 0.6 is 11.6 Å². The summed E-state index contributed by atoms with van der Waals surface area (Å²) in [4.78, 5) is 25.5. The van der Waals surface area contributed by atoms with Crippen LogP contribution in [0.15, 0.2) is 18.2 Å². The molecule has 0 aliphatic carbocycles. The van der Waals surface area contributed by atoms with Gasteiger partial charge in [0.15, 0.2) is 0 Å². The quantitative estimate of drug-likeness (QED) is 0.905. The number of likely N-dealkylation sites (tertiary alicyclic amines) is 1. The second kappa shape index (κ2) is 7.43. The Labute approximate surface area is 146 Å². The lowest BCUT2D eigenvalue weighted by molar-refractivity contribution is -0.139. The van der Waals surface area contributed by atoms with E-state index in [1.165, 1.54) is 0 Å². The molecule has 2 atom stereocenters. The molecular formula is C18H22ClNO4. The molecule has 24 heavy (non-hydrogen) atoms. The van der Waals surface area contributed by atoms with Crippen LogP contribution < -0.4 is 4.74 Å². The second-order valence-electron chi connectivity index (χ2n) is 6.69. The van der Waals surface area contributed by atoms with Crippen molar-refractivity contribution >= 4 is 23.5 Å². The van der Waals surface area contributed by atoms with Crippen LogP contribution in [0.5, 0.6) is 5.75 Å². The van der Waals surface area contributed by atoms with E-state index in [1.807, 2.05) is 17.0 Å². The first kappa shape index (κ1) is 17.1. The maximum absolute atomic E-state index is 12.8. The van der Waals surface area contributed by atoms with E-state index in [9.17, 15) is 9.59 Å². The summed E-state index contributed by atoms with van der Waals surface area (Å²) in [5, 5.41) is 9.48. The zero-order valence-corrected chi connectivity index (χ0v) is 14.3. The Morgan fingerprint density at radius 1 is 1.38 bits per heavy atom. The van der Waals surface area contributed by atoms with Crippen molar-refractivity contribution in [1.29, 1.82) is 0 Å². The van der Waals surface area contributed by atoms with Gasteiger partial charge in [-0.25, -0.2) is 0 Å². The van der Waals surface area contributed by atoms with Gasteiger partial charge in [0.1, 0.15) is 12.4 Å². The van der Waals surface area contributed by atoms with Crippen LogP contribution in [0.2, 0.25) is 5.02 Å². The van der Waals surface area contributed by atoms with E-state index < -0.39 is 5.97 Å². The first-order valence-electron chi connectivity index (χ1n) is 8.44. The third kappa shape index (κ3) is 4.01. The van der Waals surface area contributed by atoms with Crippen molar-refractivity contribution in [3.63, 3.8) is 0 Å². The van der Waals surface area contributed by atoms with Crippen LogP contribution in [-0.2, 0) is 16.0 Å². The lowest BCUT2D eigenvalue weighted by atomic mass is 9.90. The van der Waals surface area contributed by atoms with E-state index in [0.29, 0.717) is 31.0 Å². The van der Waals surface area contributed by atoms with Gasteiger partial charge in [0.2, 0.25) is 5.91 Å². The van der Waals surface area contributed by atoms with E-state index in [1.54, 1.807) is 6.07 Å². The predicted molar refractivity (Wildman–Crippen MR) is 90.3 cm³/mol. The molecular weight excluding hydrogens is 330 g/mol. The highest BCUT2D eigenvalue weighted by molar-refractivity contribution is 6.30. The molecule has 0 aromatic heterocycles. The number of carbonyl (C=O) groups excluding carboxylic acids is 1. The molecule has 2 aliphatic rings. The third-order valence-corrected chi connectivity index (χ3v) is 5.11. The Morgan fingerprint density at radius 3 is 3.00 bits per heavy atom. The summed E-state index contributed by atoms with van der Waals surface area (Å²) in [6.45, 7) is 1.80. The van der Waals surface area contributed by atoms with Crippen LogP contribution in [-0.4, -0.2) is 41.6 Å². The SMILES string of the molecule is O=C(O)CC[C@@H]1CCCN(C(=O)[C@@H]2COc3ccc(Cl)cc3C2)C1. The van der Waals surface area contributed by atoms with Crippen molar-refractivity contribution in [1.82, 2.24) is 4.90 Å². The Morgan fingerprint density at radius 2 is 2.21 bits per heavy atom. The number of carboxylic acids is 1. The molecule has 1 aromatic carbocycles. The zero-order valence-electron chi connectivity index (χ0n) is 13.5. The van der Waals surface area contributed by atoms with E-state index >= 15 is 0 Å². The molecule has 1 aromatic rings. The zero-order chi connectivity index (χ0) is 17.1. The average Bonchev–Trinajstić information content (AvgIpc) is 2.59. The van der Waals surface area contributed by atoms with Gasteiger partial charge in [0, 0.05) is 24.5 Å². The minimum Gasteiger partial charge on any atom is -0.492 e. The fraction of sp³-hybridized carbons (Fsp3) is 0.556. The number of carbonyl (C=O) groups is 2. The number of halogens is 1. The molecule has 130 valence electrons. The smallest absolute Gasteiger partial charge is 0.303 e. The number of amides is 1. The maximum atomic E-state index is 12.8. The summed E-state index contributed by atoms with van der Waals surface area (Å²) in [5.41, 5.74) is 0.978. The topological polar surface area (TPSA) is 66.8 Å². The highest BCUT2D eigenvalue weighted by atomic mass is 35.5. The molecule has 6 heteroatoms. The summed E-state index contributed by atoms with van der Waals surface area (Å²) in [6, 6.07) is 5.50. The molecule has 1 amide bonds. The molecule has 0 radical (unpaired) electrons. The lowest BCUT2D eigenvalue weighted by Crippen LogP contribution is -2.45. The predicted octanol–water partition coefficient (Wildman–Crippen LogP) is 2.99. The minimum atomic E-state index is -0.771. The summed E-state index contributed by atoms with van der Waals surface area (Å²) < 4.78 is 5.72. The van der Waals surface area contributed by atoms with Crippen molar-refractivity contribution in [2.24, 2.45) is 11.8 Å². The number of ether oxygens (including phenoxy) is 1. The van der Waals surface area contributed by atoms with Crippen LogP contribution in [0.1, 0.15) is 31.2 Å². The van der Waals surface area contributed by atoms with E-state index in [-0.39, 0.29) is 24.2 Å². The van der Waals surface area contributed by atoms with E-state index in [2.05, 4.69) is 0 Å². The number of hydrogen-bond acceptors (Lipinski definition) is 3. The van der Waals surface area contributed by atoms with Gasteiger partial charge >= 0.3 is 5.97 Å². The summed E-state index contributed by atoms with van der Waals surface area (Å²) in [6.07, 6.45) is 3.39. The Hall–Kier alpha value is -1.75. The van der Waals surface area contributed by atoms with E-state index in [0.717, 1.165) is 30.7 Å². The maximum Gasteiger partial charge on any atom is 0.303 e. The molecule has 0 bridgehead atoms. The van der Waals surface area contributed by atoms with Gasteiger partial charge in [-0.3, -0.25) is 9.59 Å². The highest BCUT2D eigenvalue weighted by Crippen LogP contribution is 2.31. The van der Waals surface area contributed by atoms with Gasteiger partial charge in [-0.05, 0) is 55.4 Å². The lowest BCUT2D eigenvalue weighted by Gasteiger charge is -2.36. The van der Waals surface area contributed by atoms with Crippen molar-refractivity contribution in [2.45, 2.75) is 32.1 Å². The number of rotatable bonds is 4.